The normalized spacial score (nSPS) is 17.6. The molecular weight excluding hydrogens is 575 g/mol. The average Bonchev–Trinajstić information content (AvgIpc) is 3.32. The fraction of sp³-hybridized carbons (Fsp3) is 0.385. The SMILES string of the molecule is O=C(O)c1ccc2c(C3CCCCC3)c3n(c2c1)CCN(CCN1CCCCC1)c1c-3ccc2nc(-c3ccccc3F)ccc12. The van der Waals surface area contributed by atoms with E-state index in [2.05, 4.69) is 38.6 Å². The Morgan fingerprint density at radius 1 is 0.804 bits per heavy atom. The minimum atomic E-state index is -0.892. The summed E-state index contributed by atoms with van der Waals surface area (Å²) in [5.74, 6) is -0.723. The van der Waals surface area contributed by atoms with Gasteiger partial charge in [0, 0.05) is 53.6 Å². The number of pyridine rings is 1. The monoisotopic (exact) mass is 616 g/mol. The molecule has 1 saturated heterocycles. The molecule has 1 N–H and O–H groups in total. The molecule has 236 valence electrons. The van der Waals surface area contributed by atoms with Crippen molar-refractivity contribution in [3.05, 3.63) is 83.7 Å². The van der Waals surface area contributed by atoms with Gasteiger partial charge in [-0.15, -0.1) is 0 Å². The van der Waals surface area contributed by atoms with E-state index in [1.165, 1.54) is 72.5 Å². The number of anilines is 1. The highest BCUT2D eigenvalue weighted by Gasteiger charge is 2.32. The van der Waals surface area contributed by atoms with Crippen molar-refractivity contribution >= 4 is 33.5 Å². The lowest BCUT2D eigenvalue weighted by atomic mass is 9.81. The smallest absolute Gasteiger partial charge is 0.335 e. The van der Waals surface area contributed by atoms with Crippen LogP contribution in [0.1, 0.15) is 73.2 Å². The lowest BCUT2D eigenvalue weighted by Crippen LogP contribution is -2.38. The van der Waals surface area contributed by atoms with Crippen LogP contribution in [0.15, 0.2) is 66.7 Å². The molecule has 3 aliphatic rings. The lowest BCUT2D eigenvalue weighted by molar-refractivity contribution is 0.0697. The van der Waals surface area contributed by atoms with Crippen LogP contribution in [0.3, 0.4) is 0 Å². The van der Waals surface area contributed by atoms with Crippen molar-refractivity contribution in [2.45, 2.75) is 63.8 Å². The Bertz CT molecular complexity index is 1940. The average molecular weight is 617 g/mol. The van der Waals surface area contributed by atoms with Crippen LogP contribution in [0.5, 0.6) is 0 Å². The van der Waals surface area contributed by atoms with Crippen LogP contribution in [-0.4, -0.2) is 58.3 Å². The zero-order chi connectivity index (χ0) is 31.2. The van der Waals surface area contributed by atoms with Gasteiger partial charge in [-0.25, -0.2) is 14.2 Å². The number of likely N-dealkylation sites (tertiary alicyclic amines) is 1. The summed E-state index contributed by atoms with van der Waals surface area (Å²) in [5.41, 5.74) is 8.36. The van der Waals surface area contributed by atoms with Crippen LogP contribution >= 0.6 is 0 Å². The molecule has 0 spiro atoms. The van der Waals surface area contributed by atoms with Crippen molar-refractivity contribution in [2.24, 2.45) is 0 Å². The van der Waals surface area contributed by atoms with E-state index in [4.69, 9.17) is 4.98 Å². The van der Waals surface area contributed by atoms with Crippen LogP contribution < -0.4 is 4.90 Å². The number of piperidine rings is 1. The molecule has 2 aliphatic heterocycles. The van der Waals surface area contributed by atoms with Gasteiger partial charge in [-0.3, -0.25) is 0 Å². The highest BCUT2D eigenvalue weighted by atomic mass is 19.1. The third-order valence-electron chi connectivity index (χ3n) is 10.7. The number of hydrogen-bond donors (Lipinski definition) is 1. The van der Waals surface area contributed by atoms with E-state index in [0.717, 1.165) is 68.5 Å². The van der Waals surface area contributed by atoms with E-state index in [1.54, 1.807) is 18.2 Å². The summed E-state index contributed by atoms with van der Waals surface area (Å²) in [7, 11) is 0. The topological polar surface area (TPSA) is 61.6 Å². The second kappa shape index (κ2) is 12.2. The summed E-state index contributed by atoms with van der Waals surface area (Å²) in [6.07, 6.45) is 9.86. The molecule has 2 aromatic heterocycles. The van der Waals surface area contributed by atoms with Gasteiger partial charge in [0.15, 0.2) is 0 Å². The molecular formula is C39H41FN4O2. The molecule has 8 rings (SSSR count). The number of carboxylic acid groups (broad SMARTS) is 1. The Labute approximate surface area is 269 Å². The Morgan fingerprint density at radius 2 is 1.59 bits per heavy atom. The number of rotatable bonds is 6. The number of halogens is 1. The van der Waals surface area contributed by atoms with Gasteiger partial charge in [-0.1, -0.05) is 43.9 Å². The lowest BCUT2D eigenvalue weighted by Gasteiger charge is -2.32. The molecule has 4 heterocycles. The van der Waals surface area contributed by atoms with E-state index in [1.807, 2.05) is 18.2 Å². The minimum absolute atomic E-state index is 0.269. The van der Waals surface area contributed by atoms with E-state index >= 15 is 0 Å². The zero-order valence-electron chi connectivity index (χ0n) is 26.3. The van der Waals surface area contributed by atoms with Gasteiger partial charge in [0.2, 0.25) is 0 Å². The first kappa shape index (κ1) is 29.2. The van der Waals surface area contributed by atoms with Crippen molar-refractivity contribution < 1.29 is 14.3 Å². The molecule has 0 radical (unpaired) electrons. The summed E-state index contributed by atoms with van der Waals surface area (Å²) in [5, 5.41) is 12.2. The number of aromatic carboxylic acids is 1. The van der Waals surface area contributed by atoms with Crippen LogP contribution in [-0.2, 0) is 6.54 Å². The fourth-order valence-corrected chi connectivity index (χ4v) is 8.38. The van der Waals surface area contributed by atoms with Crippen LogP contribution in [0.2, 0.25) is 0 Å². The summed E-state index contributed by atoms with van der Waals surface area (Å²) < 4.78 is 17.2. The van der Waals surface area contributed by atoms with Crippen LogP contribution in [0.25, 0.3) is 44.3 Å². The number of carboxylic acids is 1. The molecule has 1 aliphatic carbocycles. The standard InChI is InChI=1S/C39H41FN4O2/c40-32-12-6-5-11-28(32)33-17-15-29-34(41-33)18-16-31-37(29)43(22-21-42-19-7-2-8-20-42)23-24-44-35-25-27(39(45)46)13-14-30(35)36(38(31)44)26-9-3-1-4-10-26/h5-6,11-18,25-26H,1-4,7-10,19-24H2,(H,45,46). The second-order valence-corrected chi connectivity index (χ2v) is 13.4. The quantitative estimate of drug-likeness (QED) is 0.207. The predicted octanol–water partition coefficient (Wildman–Crippen LogP) is 8.71. The fourth-order valence-electron chi connectivity index (χ4n) is 8.38. The number of nitrogens with zero attached hydrogens (tertiary/aromatic N) is 4. The third-order valence-corrected chi connectivity index (χ3v) is 10.7. The van der Waals surface area contributed by atoms with E-state index < -0.39 is 5.97 Å². The van der Waals surface area contributed by atoms with Gasteiger partial charge < -0.3 is 19.5 Å². The third kappa shape index (κ3) is 5.15. The Kier molecular flexibility index (Phi) is 7.73. The van der Waals surface area contributed by atoms with Gasteiger partial charge in [0.05, 0.1) is 28.2 Å². The zero-order valence-corrected chi connectivity index (χ0v) is 26.3. The highest BCUT2D eigenvalue weighted by molar-refractivity contribution is 6.05. The molecule has 1 saturated carbocycles. The van der Waals surface area contributed by atoms with Gasteiger partial charge in [-0.05, 0) is 98.8 Å². The maximum atomic E-state index is 14.8. The maximum absolute atomic E-state index is 14.8. The van der Waals surface area contributed by atoms with Crippen molar-refractivity contribution in [3.8, 4) is 22.5 Å². The maximum Gasteiger partial charge on any atom is 0.335 e. The summed E-state index contributed by atoms with van der Waals surface area (Å²) in [4.78, 5) is 22.3. The van der Waals surface area contributed by atoms with Crippen molar-refractivity contribution in [2.75, 3.05) is 37.6 Å². The Balaban J connectivity index is 1.34. The van der Waals surface area contributed by atoms with E-state index in [-0.39, 0.29) is 5.82 Å². The Hall–Kier alpha value is -4.23. The molecule has 5 aromatic rings. The summed E-state index contributed by atoms with van der Waals surface area (Å²) in [6.45, 7) is 5.80. The van der Waals surface area contributed by atoms with E-state index in [9.17, 15) is 14.3 Å². The van der Waals surface area contributed by atoms with Crippen LogP contribution in [0.4, 0.5) is 10.1 Å². The van der Waals surface area contributed by atoms with Gasteiger partial charge in [0.25, 0.3) is 0 Å². The first-order chi connectivity index (χ1) is 22.6. The molecule has 3 aromatic carbocycles. The van der Waals surface area contributed by atoms with Gasteiger partial charge in [0.1, 0.15) is 5.82 Å². The van der Waals surface area contributed by atoms with Gasteiger partial charge in [-0.2, -0.15) is 0 Å². The molecule has 0 unspecified atom stereocenters. The number of carbonyl (C=O) groups is 1. The number of benzene rings is 3. The number of aromatic nitrogens is 2. The van der Waals surface area contributed by atoms with E-state index in [0.29, 0.717) is 22.7 Å². The molecule has 0 bridgehead atoms. The second-order valence-electron chi connectivity index (χ2n) is 13.4. The molecule has 0 atom stereocenters. The largest absolute Gasteiger partial charge is 0.478 e. The van der Waals surface area contributed by atoms with Crippen LogP contribution in [0, 0.1) is 5.82 Å². The number of fused-ring (bicyclic) bond motifs is 7. The van der Waals surface area contributed by atoms with Crippen molar-refractivity contribution in [1.82, 2.24) is 14.5 Å². The molecule has 6 nitrogen and oxygen atoms in total. The summed E-state index contributed by atoms with van der Waals surface area (Å²) in [6, 6.07) is 21.0. The van der Waals surface area contributed by atoms with Crippen molar-refractivity contribution in [1.29, 1.82) is 0 Å². The molecule has 7 heteroatoms. The molecule has 46 heavy (non-hydrogen) atoms. The first-order valence-electron chi connectivity index (χ1n) is 17.1. The van der Waals surface area contributed by atoms with Crippen molar-refractivity contribution in [3.63, 3.8) is 0 Å². The predicted molar refractivity (Wildman–Crippen MR) is 183 cm³/mol. The Morgan fingerprint density at radius 3 is 2.39 bits per heavy atom. The van der Waals surface area contributed by atoms with Gasteiger partial charge >= 0.3 is 5.97 Å². The minimum Gasteiger partial charge on any atom is -0.478 e. The molecule has 2 fully saturated rings. The first-order valence-corrected chi connectivity index (χ1v) is 17.1. The molecule has 0 amide bonds. The highest BCUT2D eigenvalue weighted by Crippen LogP contribution is 2.49. The number of hydrogen-bond acceptors (Lipinski definition) is 4. The summed E-state index contributed by atoms with van der Waals surface area (Å²) >= 11 is 0.